The van der Waals surface area contributed by atoms with Gasteiger partial charge in [0.25, 0.3) is 0 Å². The second kappa shape index (κ2) is 5.18. The molecule has 0 spiro atoms. The lowest BCUT2D eigenvalue weighted by atomic mass is 10.2. The molecule has 90 valence electrons. The average molecular weight is 240 g/mol. The lowest BCUT2D eigenvalue weighted by molar-refractivity contribution is 0.475. The van der Waals surface area contributed by atoms with Crippen molar-refractivity contribution in [3.8, 4) is 5.75 Å². The van der Waals surface area contributed by atoms with Crippen LogP contribution in [0.2, 0.25) is 0 Å². The Hall–Kier alpha value is -2.56. The maximum atomic E-state index is 9.29. The molecule has 0 fully saturated rings. The topological polar surface area (TPSA) is 81.2 Å². The van der Waals surface area contributed by atoms with E-state index in [4.69, 9.17) is 5.53 Å². The fraction of sp³-hybridized carbons (Fsp3) is 0.0769. The summed E-state index contributed by atoms with van der Waals surface area (Å²) in [6, 6.07) is 11.9. The van der Waals surface area contributed by atoms with Crippen molar-refractivity contribution in [3.05, 3.63) is 48.0 Å². The molecule has 2 N–H and O–H groups in total. The van der Waals surface area contributed by atoms with Crippen LogP contribution in [0.25, 0.3) is 0 Å². The zero-order valence-corrected chi connectivity index (χ0v) is 9.83. The second-order valence-corrected chi connectivity index (χ2v) is 3.77. The number of para-hydroxylation sites is 1. The first-order chi connectivity index (χ1) is 8.70. The van der Waals surface area contributed by atoms with Crippen molar-refractivity contribution >= 4 is 17.1 Å². The quantitative estimate of drug-likeness (QED) is 0.743. The minimum Gasteiger partial charge on any atom is -0.508 e. The number of nitrogens with zero attached hydrogens (tertiary/aromatic N) is 3. The van der Waals surface area contributed by atoms with Gasteiger partial charge < -0.3 is 5.11 Å². The average Bonchev–Trinajstić information content (AvgIpc) is 2.38. The van der Waals surface area contributed by atoms with Gasteiger partial charge in [0, 0.05) is 0 Å². The number of azo groups is 1. The molecule has 2 aromatic carbocycles. The predicted molar refractivity (Wildman–Crippen MR) is 68.3 cm³/mol. The van der Waals surface area contributed by atoms with E-state index in [0.29, 0.717) is 17.1 Å². The number of hydrogen-bond acceptors (Lipinski definition) is 5. The molecule has 2 aromatic rings. The number of nitrogens with one attached hydrogen (secondary N) is 1. The summed E-state index contributed by atoms with van der Waals surface area (Å²) < 4.78 is 0. The van der Waals surface area contributed by atoms with Gasteiger partial charge in [0.1, 0.15) is 17.1 Å². The standard InChI is InChI=1S/C13H12N4O/c1-9-8-10(18)6-7-11(9)16-17-13-5-3-2-4-12(13)15-14/h2-8,14,18H,1H3. The summed E-state index contributed by atoms with van der Waals surface area (Å²) in [6.07, 6.45) is 0. The summed E-state index contributed by atoms with van der Waals surface area (Å²) in [6.45, 7) is 1.84. The molecule has 0 saturated heterocycles. The third kappa shape index (κ3) is 2.57. The summed E-state index contributed by atoms with van der Waals surface area (Å²) in [7, 11) is 0. The molecule has 0 saturated carbocycles. The lowest BCUT2D eigenvalue weighted by Crippen LogP contribution is -1.73. The Morgan fingerprint density at radius 2 is 1.61 bits per heavy atom. The number of phenols is 1. The van der Waals surface area contributed by atoms with Crippen LogP contribution in [0.15, 0.2) is 57.8 Å². The van der Waals surface area contributed by atoms with Crippen LogP contribution in [0, 0.1) is 12.5 Å². The maximum absolute atomic E-state index is 9.29. The van der Waals surface area contributed by atoms with Crippen LogP contribution in [-0.4, -0.2) is 5.11 Å². The highest BCUT2D eigenvalue weighted by molar-refractivity contribution is 5.60. The van der Waals surface area contributed by atoms with Crippen molar-refractivity contribution in [2.45, 2.75) is 6.92 Å². The Kier molecular flexibility index (Phi) is 3.43. The van der Waals surface area contributed by atoms with E-state index in [9.17, 15) is 5.11 Å². The fourth-order valence-corrected chi connectivity index (χ4v) is 1.50. The highest BCUT2D eigenvalue weighted by Gasteiger charge is 2.00. The van der Waals surface area contributed by atoms with E-state index in [2.05, 4.69) is 15.3 Å². The summed E-state index contributed by atoms with van der Waals surface area (Å²) in [4.78, 5) is 0. The van der Waals surface area contributed by atoms with Gasteiger partial charge in [-0.05, 0) is 42.8 Å². The monoisotopic (exact) mass is 240 g/mol. The molecular formula is C13H12N4O. The van der Waals surface area contributed by atoms with Gasteiger partial charge in [-0.2, -0.15) is 10.2 Å². The van der Waals surface area contributed by atoms with E-state index in [-0.39, 0.29) is 5.75 Å². The van der Waals surface area contributed by atoms with E-state index < -0.39 is 0 Å². The second-order valence-electron chi connectivity index (χ2n) is 3.77. The van der Waals surface area contributed by atoms with Crippen LogP contribution in [0.5, 0.6) is 5.75 Å². The summed E-state index contributed by atoms with van der Waals surface area (Å²) >= 11 is 0. The Morgan fingerprint density at radius 1 is 0.944 bits per heavy atom. The normalized spacial score (nSPS) is 10.7. The van der Waals surface area contributed by atoms with E-state index in [1.807, 2.05) is 13.0 Å². The molecule has 0 amide bonds. The van der Waals surface area contributed by atoms with E-state index in [1.54, 1.807) is 36.4 Å². The van der Waals surface area contributed by atoms with E-state index in [0.717, 1.165) is 5.56 Å². The zero-order chi connectivity index (χ0) is 13.0. The summed E-state index contributed by atoms with van der Waals surface area (Å²) in [5.74, 6) is 0.202. The molecule has 2 rings (SSSR count). The third-order valence-electron chi connectivity index (χ3n) is 2.45. The molecule has 5 heteroatoms. The predicted octanol–water partition coefficient (Wildman–Crippen LogP) is 4.78. The minimum absolute atomic E-state index is 0.202. The van der Waals surface area contributed by atoms with Gasteiger partial charge in [0.2, 0.25) is 0 Å². The number of rotatable bonds is 3. The molecule has 0 aromatic heterocycles. The first kappa shape index (κ1) is 11.9. The Balaban J connectivity index is 2.33. The minimum atomic E-state index is 0.202. The molecule has 0 aliphatic rings. The Labute approximate surface area is 104 Å². The highest BCUT2D eigenvalue weighted by Crippen LogP contribution is 2.30. The first-order valence-electron chi connectivity index (χ1n) is 5.38. The van der Waals surface area contributed by atoms with Gasteiger partial charge in [-0.3, -0.25) is 0 Å². The molecule has 18 heavy (non-hydrogen) atoms. The smallest absolute Gasteiger partial charge is 0.115 e. The van der Waals surface area contributed by atoms with Crippen molar-refractivity contribution in [1.29, 1.82) is 5.53 Å². The Bertz CT molecular complexity index is 608. The fourth-order valence-electron chi connectivity index (χ4n) is 1.50. The zero-order valence-electron chi connectivity index (χ0n) is 9.83. The van der Waals surface area contributed by atoms with Crippen molar-refractivity contribution in [1.82, 2.24) is 0 Å². The van der Waals surface area contributed by atoms with Crippen LogP contribution in [-0.2, 0) is 0 Å². The summed E-state index contributed by atoms with van der Waals surface area (Å²) in [5.41, 5.74) is 9.55. The van der Waals surface area contributed by atoms with E-state index in [1.165, 1.54) is 0 Å². The number of phenolic OH excluding ortho intramolecular Hbond substituents is 1. The van der Waals surface area contributed by atoms with Gasteiger partial charge >= 0.3 is 0 Å². The number of hydrogen-bond donors (Lipinski definition) is 2. The lowest BCUT2D eigenvalue weighted by Gasteiger charge is -2.00. The molecule has 0 atom stereocenters. The first-order valence-corrected chi connectivity index (χ1v) is 5.38. The van der Waals surface area contributed by atoms with Crippen molar-refractivity contribution in [3.63, 3.8) is 0 Å². The van der Waals surface area contributed by atoms with Crippen LogP contribution < -0.4 is 0 Å². The third-order valence-corrected chi connectivity index (χ3v) is 2.45. The Morgan fingerprint density at radius 3 is 2.28 bits per heavy atom. The van der Waals surface area contributed by atoms with Gasteiger partial charge in [0.05, 0.1) is 5.69 Å². The molecule has 0 aliphatic carbocycles. The molecular weight excluding hydrogens is 228 g/mol. The number of aryl methyl sites for hydroxylation is 1. The summed E-state index contributed by atoms with van der Waals surface area (Å²) in [5, 5.41) is 20.8. The van der Waals surface area contributed by atoms with E-state index >= 15 is 0 Å². The van der Waals surface area contributed by atoms with Crippen molar-refractivity contribution in [2.75, 3.05) is 0 Å². The molecule has 0 heterocycles. The van der Waals surface area contributed by atoms with Crippen molar-refractivity contribution in [2.24, 2.45) is 15.3 Å². The van der Waals surface area contributed by atoms with Crippen molar-refractivity contribution < 1.29 is 5.11 Å². The van der Waals surface area contributed by atoms with Crippen LogP contribution in [0.3, 0.4) is 0 Å². The maximum Gasteiger partial charge on any atom is 0.115 e. The number of benzene rings is 2. The van der Waals surface area contributed by atoms with Crippen LogP contribution in [0.1, 0.15) is 5.56 Å². The molecule has 0 bridgehead atoms. The molecule has 0 radical (unpaired) electrons. The number of aromatic hydroxyl groups is 1. The molecule has 0 aliphatic heterocycles. The van der Waals surface area contributed by atoms with Gasteiger partial charge in [0.15, 0.2) is 0 Å². The highest BCUT2D eigenvalue weighted by atomic mass is 16.3. The molecule has 5 nitrogen and oxygen atoms in total. The van der Waals surface area contributed by atoms with Gasteiger partial charge in [-0.15, -0.1) is 5.11 Å². The van der Waals surface area contributed by atoms with Crippen LogP contribution in [0.4, 0.5) is 17.1 Å². The molecule has 0 unspecified atom stereocenters. The van der Waals surface area contributed by atoms with Crippen LogP contribution >= 0.6 is 0 Å². The largest absolute Gasteiger partial charge is 0.508 e. The van der Waals surface area contributed by atoms with Gasteiger partial charge in [-0.25, -0.2) is 5.53 Å². The van der Waals surface area contributed by atoms with Gasteiger partial charge in [-0.1, -0.05) is 12.1 Å². The SMILES string of the molecule is Cc1cc(O)ccc1N=Nc1ccccc1N=N.